The predicted octanol–water partition coefficient (Wildman–Crippen LogP) is 3.00. The van der Waals surface area contributed by atoms with Gasteiger partial charge in [0.2, 0.25) is 0 Å². The average molecular weight is 401 g/mol. The number of hydrazone groups is 1. The third-order valence-corrected chi connectivity index (χ3v) is 4.93. The molecular weight excluding hydrogens is 383 g/mol. The lowest BCUT2D eigenvalue weighted by atomic mass is 9.87. The first-order valence-corrected chi connectivity index (χ1v) is 8.71. The summed E-state index contributed by atoms with van der Waals surface area (Å²) in [5.41, 5.74) is -3.43. The van der Waals surface area contributed by atoms with Gasteiger partial charge in [0, 0.05) is 17.8 Å². The summed E-state index contributed by atoms with van der Waals surface area (Å²) in [6.45, 7) is -0.806. The summed E-state index contributed by atoms with van der Waals surface area (Å²) in [5, 5.41) is 25.0. The van der Waals surface area contributed by atoms with Crippen molar-refractivity contribution in [2.24, 2.45) is 11.0 Å². The molecule has 28 heavy (non-hydrogen) atoms. The van der Waals surface area contributed by atoms with Crippen LogP contribution in [0.25, 0.3) is 0 Å². The first-order valence-electron chi connectivity index (χ1n) is 8.71. The van der Waals surface area contributed by atoms with Gasteiger partial charge in [-0.3, -0.25) is 14.9 Å². The number of hydrogen-bond acceptors (Lipinski definition) is 6. The van der Waals surface area contributed by atoms with Crippen LogP contribution in [0.3, 0.4) is 0 Å². The summed E-state index contributed by atoms with van der Waals surface area (Å²) in [6.07, 6.45) is -2.83. The average Bonchev–Trinajstić information content (AvgIpc) is 2.79. The second-order valence-electron chi connectivity index (χ2n) is 6.71. The van der Waals surface area contributed by atoms with E-state index in [0.29, 0.717) is 12.8 Å². The molecule has 152 valence electrons. The number of nitro groups is 1. The van der Waals surface area contributed by atoms with Gasteiger partial charge in [-0.2, -0.15) is 23.3 Å². The maximum absolute atomic E-state index is 13.7. The van der Waals surface area contributed by atoms with Crippen molar-refractivity contribution in [1.82, 2.24) is 5.01 Å². The topological polar surface area (TPSA) is 105 Å². The summed E-state index contributed by atoms with van der Waals surface area (Å²) in [6, 6.07) is 4.72. The number of fused-ring (bicyclic) bond motifs is 1. The Morgan fingerprint density at radius 2 is 2.00 bits per heavy atom. The molecule has 1 heterocycles. The highest BCUT2D eigenvalue weighted by Crippen LogP contribution is 2.47. The molecule has 2 aliphatic rings. The third-order valence-electron chi connectivity index (χ3n) is 4.93. The molecule has 1 amide bonds. The number of amides is 1. The highest BCUT2D eigenvalue weighted by Gasteiger charge is 2.68. The Kier molecular flexibility index (Phi) is 5.28. The fourth-order valence-corrected chi connectivity index (χ4v) is 3.51. The van der Waals surface area contributed by atoms with Gasteiger partial charge in [-0.15, -0.1) is 0 Å². The number of aliphatic hydroxyl groups is 1. The molecule has 0 spiro atoms. The van der Waals surface area contributed by atoms with E-state index < -0.39 is 35.3 Å². The zero-order chi connectivity index (χ0) is 20.5. The van der Waals surface area contributed by atoms with Gasteiger partial charge in [0.25, 0.3) is 17.3 Å². The van der Waals surface area contributed by atoms with Gasteiger partial charge in [-0.05, 0) is 31.4 Å². The highest BCUT2D eigenvalue weighted by molar-refractivity contribution is 5.93. The predicted molar refractivity (Wildman–Crippen MR) is 90.5 cm³/mol. The van der Waals surface area contributed by atoms with Crippen LogP contribution in [0.5, 0.6) is 5.75 Å². The largest absolute Gasteiger partial charge is 0.484 e. The molecule has 1 fully saturated rings. The molecule has 8 nitrogen and oxygen atoms in total. The van der Waals surface area contributed by atoms with E-state index in [2.05, 4.69) is 5.10 Å². The van der Waals surface area contributed by atoms with Crippen molar-refractivity contribution in [1.29, 1.82) is 0 Å². The molecule has 0 aromatic heterocycles. The van der Waals surface area contributed by atoms with Gasteiger partial charge in [0.1, 0.15) is 5.75 Å². The second kappa shape index (κ2) is 7.38. The second-order valence-corrected chi connectivity index (χ2v) is 6.71. The lowest BCUT2D eigenvalue weighted by molar-refractivity contribution is -0.384. The minimum absolute atomic E-state index is 0.0653. The van der Waals surface area contributed by atoms with Gasteiger partial charge in [0.15, 0.2) is 6.61 Å². The Balaban J connectivity index is 1.77. The molecule has 1 N–H and O–H groups in total. The van der Waals surface area contributed by atoms with Gasteiger partial charge in [0.05, 0.1) is 10.8 Å². The number of nitro benzene ring substituents is 1. The number of alkyl halides is 3. The van der Waals surface area contributed by atoms with Crippen LogP contribution in [0.2, 0.25) is 0 Å². The number of rotatable bonds is 4. The van der Waals surface area contributed by atoms with Crippen LogP contribution in [0.15, 0.2) is 29.4 Å². The van der Waals surface area contributed by atoms with Crippen molar-refractivity contribution in [3.05, 3.63) is 34.4 Å². The number of halogens is 3. The summed E-state index contributed by atoms with van der Waals surface area (Å²) < 4.78 is 46.3. The highest BCUT2D eigenvalue weighted by atomic mass is 19.4. The molecule has 11 heteroatoms. The first kappa shape index (κ1) is 20.1. The SMILES string of the molecule is O=C(COc1ccc([N+](=O)[O-])cc1)N1N=C2CCCCC[C@@H]2[C@]1(O)C(F)(F)F. The van der Waals surface area contributed by atoms with E-state index in [4.69, 9.17) is 4.74 Å². The van der Waals surface area contributed by atoms with E-state index in [0.717, 1.165) is 18.6 Å². The molecule has 0 bridgehead atoms. The van der Waals surface area contributed by atoms with Crippen molar-refractivity contribution in [3.63, 3.8) is 0 Å². The monoisotopic (exact) mass is 401 g/mol. The quantitative estimate of drug-likeness (QED) is 0.617. The summed E-state index contributed by atoms with van der Waals surface area (Å²) >= 11 is 0. The number of ether oxygens (including phenoxy) is 1. The van der Waals surface area contributed by atoms with E-state index >= 15 is 0 Å². The maximum Gasteiger partial charge on any atom is 0.439 e. The molecule has 1 aliphatic heterocycles. The Hall–Kier alpha value is -2.69. The van der Waals surface area contributed by atoms with Crippen LogP contribution in [0.4, 0.5) is 18.9 Å². The number of hydrogen-bond donors (Lipinski definition) is 1. The molecule has 0 unspecified atom stereocenters. The number of nitrogens with zero attached hydrogens (tertiary/aromatic N) is 3. The first-order chi connectivity index (χ1) is 13.1. The van der Waals surface area contributed by atoms with Crippen LogP contribution in [0.1, 0.15) is 32.1 Å². The number of benzene rings is 1. The van der Waals surface area contributed by atoms with Crippen LogP contribution < -0.4 is 4.74 Å². The number of non-ortho nitro benzene ring substituents is 1. The molecule has 1 aromatic carbocycles. The van der Waals surface area contributed by atoms with Crippen molar-refractivity contribution in [3.8, 4) is 5.75 Å². The van der Waals surface area contributed by atoms with E-state index in [1.807, 2.05) is 0 Å². The zero-order valence-electron chi connectivity index (χ0n) is 14.7. The minimum atomic E-state index is -5.09. The zero-order valence-corrected chi connectivity index (χ0v) is 14.7. The fourth-order valence-electron chi connectivity index (χ4n) is 3.51. The van der Waals surface area contributed by atoms with Crippen LogP contribution >= 0.6 is 0 Å². The Morgan fingerprint density at radius 1 is 1.32 bits per heavy atom. The fraction of sp³-hybridized carbons (Fsp3) is 0.529. The van der Waals surface area contributed by atoms with Crippen LogP contribution in [-0.4, -0.2) is 45.2 Å². The Bertz CT molecular complexity index is 796. The summed E-state index contributed by atoms with van der Waals surface area (Å²) in [7, 11) is 0. The lowest BCUT2D eigenvalue weighted by Gasteiger charge is -2.37. The van der Waals surface area contributed by atoms with E-state index in [1.54, 1.807) is 0 Å². The molecule has 1 aliphatic carbocycles. The van der Waals surface area contributed by atoms with Gasteiger partial charge >= 0.3 is 6.18 Å². The third kappa shape index (κ3) is 3.53. The van der Waals surface area contributed by atoms with Gasteiger partial charge in [-0.25, -0.2) is 0 Å². The number of carbonyl (C=O) groups excluding carboxylic acids is 1. The van der Waals surface area contributed by atoms with Gasteiger partial charge in [-0.1, -0.05) is 12.8 Å². The Morgan fingerprint density at radius 3 is 2.61 bits per heavy atom. The minimum Gasteiger partial charge on any atom is -0.484 e. The van der Waals surface area contributed by atoms with Crippen molar-refractivity contribution in [2.45, 2.75) is 44.0 Å². The number of carbonyl (C=O) groups is 1. The van der Waals surface area contributed by atoms with Crippen molar-refractivity contribution in [2.75, 3.05) is 6.61 Å². The summed E-state index contributed by atoms with van der Waals surface area (Å²) in [5.74, 6) is -2.38. The van der Waals surface area contributed by atoms with Crippen LogP contribution in [-0.2, 0) is 4.79 Å². The van der Waals surface area contributed by atoms with E-state index in [1.165, 1.54) is 12.1 Å². The van der Waals surface area contributed by atoms with Gasteiger partial charge < -0.3 is 9.84 Å². The molecule has 2 atom stereocenters. The maximum atomic E-state index is 13.7. The molecule has 3 rings (SSSR count). The normalized spacial score (nSPS) is 24.9. The van der Waals surface area contributed by atoms with E-state index in [-0.39, 0.29) is 35.0 Å². The smallest absolute Gasteiger partial charge is 0.439 e. The Labute approximate surface area is 157 Å². The van der Waals surface area contributed by atoms with Crippen molar-refractivity contribution < 1.29 is 32.7 Å². The lowest BCUT2D eigenvalue weighted by Crippen LogP contribution is -2.61. The standard InChI is InChI=1S/C17H18F3N3O5/c18-17(19,20)16(25)13-4-2-1-3-5-14(13)21-22(16)15(24)10-28-12-8-6-11(7-9-12)23(26)27/h6-9,13,25H,1-5,10H2/t13-,16-/m0/s1. The molecular formula is C17H18F3N3O5. The molecule has 0 radical (unpaired) electrons. The van der Waals surface area contributed by atoms with Crippen LogP contribution in [0, 0.1) is 16.0 Å². The van der Waals surface area contributed by atoms with Crippen molar-refractivity contribution >= 4 is 17.3 Å². The molecule has 1 aromatic rings. The summed E-state index contributed by atoms with van der Waals surface area (Å²) in [4.78, 5) is 22.4. The van der Waals surface area contributed by atoms with E-state index in [9.17, 15) is 33.2 Å². The molecule has 0 saturated heterocycles. The molecule has 1 saturated carbocycles.